The van der Waals surface area contributed by atoms with Gasteiger partial charge in [-0.15, -0.1) is 10.2 Å². The van der Waals surface area contributed by atoms with Crippen LogP contribution in [0.5, 0.6) is 11.5 Å². The molecule has 0 saturated heterocycles. The summed E-state index contributed by atoms with van der Waals surface area (Å²) in [6.07, 6.45) is 0.839. The molecule has 35 heavy (non-hydrogen) atoms. The highest BCUT2D eigenvalue weighted by Gasteiger charge is 2.22. The lowest BCUT2D eigenvalue weighted by atomic mass is 10.1. The predicted molar refractivity (Wildman–Crippen MR) is 138 cm³/mol. The number of rotatable bonds is 9. The number of ether oxygens (including phenoxy) is 2. The van der Waals surface area contributed by atoms with E-state index in [1.165, 1.54) is 11.8 Å². The molecule has 9 nitrogen and oxygen atoms in total. The van der Waals surface area contributed by atoms with E-state index in [9.17, 15) is 9.59 Å². The Kier molecular flexibility index (Phi) is 7.30. The smallest absolute Gasteiger partial charge is 0.262 e. The van der Waals surface area contributed by atoms with Crippen LogP contribution in [-0.2, 0) is 11.3 Å². The summed E-state index contributed by atoms with van der Waals surface area (Å²) >= 11 is 1.28. The number of nitrogens with zero attached hydrogens (tertiary/aromatic N) is 4. The molecule has 2 heterocycles. The Labute approximate surface area is 207 Å². The van der Waals surface area contributed by atoms with E-state index in [1.807, 2.05) is 28.7 Å². The van der Waals surface area contributed by atoms with Crippen molar-refractivity contribution in [3.8, 4) is 11.5 Å². The van der Waals surface area contributed by atoms with Crippen molar-refractivity contribution in [1.82, 2.24) is 19.2 Å². The van der Waals surface area contributed by atoms with Crippen LogP contribution < -0.4 is 20.3 Å². The van der Waals surface area contributed by atoms with Crippen LogP contribution >= 0.6 is 11.8 Å². The SMILES string of the molecule is COc1cc(NC(=O)C(C)Sc2nnc3n(CCC(C)C)c(=O)c4ccccc4n23)cc(OC)c1. The van der Waals surface area contributed by atoms with Crippen molar-refractivity contribution in [1.29, 1.82) is 0 Å². The quantitative estimate of drug-likeness (QED) is 0.347. The van der Waals surface area contributed by atoms with E-state index < -0.39 is 5.25 Å². The monoisotopic (exact) mass is 495 g/mol. The number of fused-ring (bicyclic) bond motifs is 3. The third kappa shape index (κ3) is 5.12. The number of hydrogen-bond donors (Lipinski definition) is 1. The van der Waals surface area contributed by atoms with Gasteiger partial charge < -0.3 is 14.8 Å². The van der Waals surface area contributed by atoms with Crippen molar-refractivity contribution in [2.24, 2.45) is 5.92 Å². The number of benzene rings is 2. The van der Waals surface area contributed by atoms with Crippen LogP contribution in [0.25, 0.3) is 16.7 Å². The topological polar surface area (TPSA) is 99.7 Å². The van der Waals surface area contributed by atoms with E-state index in [0.717, 1.165) is 6.42 Å². The predicted octanol–water partition coefficient (Wildman–Crippen LogP) is 4.23. The number of amides is 1. The van der Waals surface area contributed by atoms with Gasteiger partial charge in [-0.25, -0.2) is 0 Å². The van der Waals surface area contributed by atoms with Crippen molar-refractivity contribution in [3.63, 3.8) is 0 Å². The molecule has 10 heteroatoms. The summed E-state index contributed by atoms with van der Waals surface area (Å²) in [7, 11) is 3.11. The lowest BCUT2D eigenvalue weighted by Crippen LogP contribution is -2.25. The van der Waals surface area contributed by atoms with Crippen molar-refractivity contribution in [3.05, 3.63) is 52.8 Å². The maximum absolute atomic E-state index is 13.2. The minimum Gasteiger partial charge on any atom is -0.497 e. The lowest BCUT2D eigenvalue weighted by molar-refractivity contribution is -0.115. The number of thioether (sulfide) groups is 1. The van der Waals surface area contributed by atoms with Gasteiger partial charge in [-0.3, -0.25) is 18.6 Å². The molecule has 0 spiro atoms. The third-order valence-electron chi connectivity index (χ3n) is 5.68. The van der Waals surface area contributed by atoms with Crippen LogP contribution in [0, 0.1) is 5.92 Å². The van der Waals surface area contributed by atoms with Crippen LogP contribution in [0.2, 0.25) is 0 Å². The van der Waals surface area contributed by atoms with Gasteiger partial charge in [-0.05, 0) is 31.4 Å². The molecule has 0 saturated carbocycles. The van der Waals surface area contributed by atoms with E-state index in [-0.39, 0.29) is 11.5 Å². The molecule has 2 aromatic heterocycles. The average Bonchev–Trinajstić information content (AvgIpc) is 3.26. The number of aromatic nitrogens is 4. The molecule has 4 rings (SSSR count). The molecule has 4 aromatic rings. The summed E-state index contributed by atoms with van der Waals surface area (Å²) in [5.74, 6) is 1.86. The minimum atomic E-state index is -0.491. The highest BCUT2D eigenvalue weighted by molar-refractivity contribution is 8.00. The maximum Gasteiger partial charge on any atom is 0.262 e. The Morgan fingerprint density at radius 1 is 1.06 bits per heavy atom. The van der Waals surface area contributed by atoms with Gasteiger partial charge in [0.2, 0.25) is 11.7 Å². The van der Waals surface area contributed by atoms with Crippen LogP contribution in [-0.4, -0.2) is 44.5 Å². The number of anilines is 1. The van der Waals surface area contributed by atoms with Gasteiger partial charge in [0.1, 0.15) is 11.5 Å². The van der Waals surface area contributed by atoms with Crippen LogP contribution in [0.3, 0.4) is 0 Å². The molecule has 0 aliphatic heterocycles. The van der Waals surface area contributed by atoms with Gasteiger partial charge >= 0.3 is 0 Å². The fraction of sp³-hybridized carbons (Fsp3) is 0.360. The fourth-order valence-electron chi connectivity index (χ4n) is 3.73. The fourth-order valence-corrected chi connectivity index (χ4v) is 4.59. The van der Waals surface area contributed by atoms with E-state index in [0.29, 0.717) is 51.5 Å². The Hall–Kier alpha value is -3.53. The molecule has 0 bridgehead atoms. The number of nitrogens with one attached hydrogen (secondary N) is 1. The highest BCUT2D eigenvalue weighted by Crippen LogP contribution is 2.29. The van der Waals surface area contributed by atoms with E-state index >= 15 is 0 Å². The second kappa shape index (κ2) is 10.4. The summed E-state index contributed by atoms with van der Waals surface area (Å²) in [5, 5.41) is 12.2. The van der Waals surface area contributed by atoms with Gasteiger partial charge in [0.15, 0.2) is 5.16 Å². The molecule has 1 unspecified atom stereocenters. The van der Waals surface area contributed by atoms with Crippen LogP contribution in [0.4, 0.5) is 5.69 Å². The first-order chi connectivity index (χ1) is 16.8. The van der Waals surface area contributed by atoms with Crippen molar-refractivity contribution < 1.29 is 14.3 Å². The van der Waals surface area contributed by atoms with Crippen LogP contribution in [0.15, 0.2) is 52.4 Å². The first kappa shape index (κ1) is 24.6. The zero-order valence-corrected chi connectivity index (χ0v) is 21.3. The Morgan fingerprint density at radius 3 is 2.40 bits per heavy atom. The lowest BCUT2D eigenvalue weighted by Gasteiger charge is -2.14. The number of aryl methyl sites for hydroxylation is 1. The summed E-state index contributed by atoms with van der Waals surface area (Å²) in [6.45, 7) is 6.58. The molecule has 1 amide bonds. The largest absolute Gasteiger partial charge is 0.497 e. The van der Waals surface area contributed by atoms with Crippen molar-refractivity contribution in [2.45, 2.75) is 44.1 Å². The molecule has 1 N–H and O–H groups in total. The normalized spacial score (nSPS) is 12.3. The second-order valence-corrected chi connectivity index (χ2v) is 9.93. The molecule has 0 fully saturated rings. The van der Waals surface area contributed by atoms with E-state index in [4.69, 9.17) is 9.47 Å². The Balaban J connectivity index is 1.67. The zero-order chi connectivity index (χ0) is 25.1. The molecular weight excluding hydrogens is 466 g/mol. The minimum absolute atomic E-state index is 0.0875. The van der Waals surface area contributed by atoms with Gasteiger partial charge in [-0.2, -0.15) is 0 Å². The molecule has 1 atom stereocenters. The molecule has 0 aliphatic carbocycles. The molecule has 0 radical (unpaired) electrons. The summed E-state index contributed by atoms with van der Waals surface area (Å²) in [5.41, 5.74) is 1.19. The van der Waals surface area contributed by atoms with Gasteiger partial charge in [0, 0.05) is 30.4 Å². The molecule has 0 aliphatic rings. The first-order valence-electron chi connectivity index (χ1n) is 11.4. The highest BCUT2D eigenvalue weighted by atomic mass is 32.2. The van der Waals surface area contributed by atoms with Crippen molar-refractivity contribution >= 4 is 40.0 Å². The molecule has 184 valence electrons. The van der Waals surface area contributed by atoms with Crippen molar-refractivity contribution in [2.75, 3.05) is 19.5 Å². The maximum atomic E-state index is 13.2. The first-order valence-corrected chi connectivity index (χ1v) is 12.3. The van der Waals surface area contributed by atoms with E-state index in [2.05, 4.69) is 29.4 Å². The number of carbonyl (C=O) groups excluding carboxylic acids is 1. The van der Waals surface area contributed by atoms with Crippen LogP contribution in [0.1, 0.15) is 27.2 Å². The standard InChI is InChI=1S/C25H29N5O4S/c1-15(2)10-11-29-23(32)20-8-6-7-9-21(20)30-24(29)27-28-25(30)35-16(3)22(31)26-17-12-18(33-4)14-19(13-17)34-5/h6-9,12-16H,10-11H2,1-5H3,(H,26,31). The average molecular weight is 496 g/mol. The number of carbonyl (C=O) groups is 1. The van der Waals surface area contributed by atoms with E-state index in [1.54, 1.807) is 43.9 Å². The summed E-state index contributed by atoms with van der Waals surface area (Å²) < 4.78 is 14.1. The molecule has 2 aromatic carbocycles. The van der Waals surface area contributed by atoms with Gasteiger partial charge in [0.05, 0.1) is 30.4 Å². The number of para-hydroxylation sites is 1. The zero-order valence-electron chi connectivity index (χ0n) is 20.4. The second-order valence-electron chi connectivity index (χ2n) is 8.63. The summed E-state index contributed by atoms with van der Waals surface area (Å²) in [4.78, 5) is 26.2. The third-order valence-corrected chi connectivity index (χ3v) is 6.72. The number of methoxy groups -OCH3 is 2. The van der Waals surface area contributed by atoms with Gasteiger partial charge in [0.25, 0.3) is 5.56 Å². The summed E-state index contributed by atoms with van der Waals surface area (Å²) in [6, 6.07) is 12.6. The van der Waals surface area contributed by atoms with Gasteiger partial charge in [-0.1, -0.05) is 37.7 Å². The Morgan fingerprint density at radius 2 is 1.74 bits per heavy atom. The Bertz CT molecular complexity index is 1410. The number of hydrogen-bond acceptors (Lipinski definition) is 7. The molecular formula is C25H29N5O4S.